The number of ether oxygens (including phenoxy) is 2. The fraction of sp³-hybridized carbons (Fsp3) is 0.611. The molecule has 3 rings (SSSR count). The summed E-state index contributed by atoms with van der Waals surface area (Å²) in [6.07, 6.45) is 4.33. The van der Waals surface area contributed by atoms with Gasteiger partial charge in [-0.1, -0.05) is 0 Å². The monoisotopic (exact) mass is 346 g/mol. The highest BCUT2D eigenvalue weighted by Gasteiger charge is 2.26. The summed E-state index contributed by atoms with van der Waals surface area (Å²) in [6, 6.07) is 1.76. The number of carbonyl (C=O) groups excluding carboxylic acids is 1. The van der Waals surface area contributed by atoms with E-state index in [9.17, 15) is 4.79 Å². The molecule has 7 heteroatoms. The van der Waals surface area contributed by atoms with Gasteiger partial charge in [0, 0.05) is 38.4 Å². The second kappa shape index (κ2) is 8.18. The predicted molar refractivity (Wildman–Crippen MR) is 94.5 cm³/mol. The first-order valence-corrected chi connectivity index (χ1v) is 9.01. The van der Waals surface area contributed by atoms with Gasteiger partial charge in [-0.3, -0.25) is 4.79 Å². The van der Waals surface area contributed by atoms with Crippen LogP contribution in [0.3, 0.4) is 0 Å². The summed E-state index contributed by atoms with van der Waals surface area (Å²) in [7, 11) is 0. The highest BCUT2D eigenvalue weighted by atomic mass is 16.5. The van der Waals surface area contributed by atoms with Crippen LogP contribution in [-0.4, -0.2) is 60.2 Å². The van der Waals surface area contributed by atoms with Crippen molar-refractivity contribution in [1.29, 1.82) is 0 Å². The molecule has 0 N–H and O–H groups in total. The van der Waals surface area contributed by atoms with Crippen LogP contribution in [0.25, 0.3) is 0 Å². The maximum atomic E-state index is 12.8. The lowest BCUT2D eigenvalue weighted by Crippen LogP contribution is -2.37. The smallest absolute Gasteiger partial charge is 0.253 e. The summed E-state index contributed by atoms with van der Waals surface area (Å²) >= 11 is 0. The molecular weight excluding hydrogens is 320 g/mol. The SMILES string of the molecule is CCOc1ccnc(N2CCCN(C(=O)C3=C(C)OCCC3)CC2)n1. The van der Waals surface area contributed by atoms with Crippen molar-refractivity contribution < 1.29 is 14.3 Å². The Morgan fingerprint density at radius 3 is 2.96 bits per heavy atom. The quantitative estimate of drug-likeness (QED) is 0.831. The Morgan fingerprint density at radius 1 is 1.28 bits per heavy atom. The largest absolute Gasteiger partial charge is 0.498 e. The highest BCUT2D eigenvalue weighted by Crippen LogP contribution is 2.22. The van der Waals surface area contributed by atoms with Crippen molar-refractivity contribution in [1.82, 2.24) is 14.9 Å². The first-order chi connectivity index (χ1) is 12.2. The van der Waals surface area contributed by atoms with Crippen LogP contribution in [0.1, 0.15) is 33.1 Å². The van der Waals surface area contributed by atoms with Crippen molar-refractivity contribution in [2.45, 2.75) is 33.1 Å². The third-order valence-corrected chi connectivity index (χ3v) is 4.55. The van der Waals surface area contributed by atoms with Crippen LogP contribution in [0.15, 0.2) is 23.6 Å². The van der Waals surface area contributed by atoms with E-state index in [4.69, 9.17) is 9.47 Å². The number of hydrogen-bond donors (Lipinski definition) is 0. The molecular formula is C18H26N4O3. The molecule has 1 aromatic heterocycles. The molecule has 0 atom stereocenters. The van der Waals surface area contributed by atoms with Crippen LogP contribution >= 0.6 is 0 Å². The summed E-state index contributed by atoms with van der Waals surface area (Å²) in [5, 5.41) is 0. The van der Waals surface area contributed by atoms with Crippen LogP contribution in [0.2, 0.25) is 0 Å². The van der Waals surface area contributed by atoms with Gasteiger partial charge in [-0.25, -0.2) is 4.98 Å². The number of rotatable bonds is 4. The summed E-state index contributed by atoms with van der Waals surface area (Å²) < 4.78 is 11.0. The van der Waals surface area contributed by atoms with Crippen molar-refractivity contribution in [3.63, 3.8) is 0 Å². The van der Waals surface area contributed by atoms with Crippen LogP contribution in [0.5, 0.6) is 5.88 Å². The van der Waals surface area contributed by atoms with Crippen molar-refractivity contribution >= 4 is 11.9 Å². The molecule has 0 radical (unpaired) electrons. The fourth-order valence-corrected chi connectivity index (χ4v) is 3.22. The molecule has 25 heavy (non-hydrogen) atoms. The van der Waals surface area contributed by atoms with Gasteiger partial charge < -0.3 is 19.3 Å². The number of amides is 1. The number of hydrogen-bond acceptors (Lipinski definition) is 6. The Balaban J connectivity index is 1.66. The van der Waals surface area contributed by atoms with Crippen LogP contribution in [0, 0.1) is 0 Å². The Hall–Kier alpha value is -2.31. The van der Waals surface area contributed by atoms with Crippen molar-refractivity contribution in [3.8, 4) is 5.88 Å². The van der Waals surface area contributed by atoms with Gasteiger partial charge in [0.05, 0.1) is 18.8 Å². The van der Waals surface area contributed by atoms with Gasteiger partial charge >= 0.3 is 0 Å². The van der Waals surface area contributed by atoms with Gasteiger partial charge in [0.15, 0.2) is 0 Å². The predicted octanol–water partition coefficient (Wildman–Crippen LogP) is 2.00. The number of nitrogens with zero attached hydrogens (tertiary/aromatic N) is 4. The molecule has 2 aliphatic rings. The molecule has 0 spiro atoms. The molecule has 0 unspecified atom stereocenters. The minimum atomic E-state index is 0.114. The van der Waals surface area contributed by atoms with Crippen molar-refractivity contribution in [2.75, 3.05) is 44.3 Å². The van der Waals surface area contributed by atoms with E-state index in [2.05, 4.69) is 14.9 Å². The summed E-state index contributed by atoms with van der Waals surface area (Å²) in [4.78, 5) is 25.7. The molecule has 0 aliphatic carbocycles. The van der Waals surface area contributed by atoms with E-state index in [0.29, 0.717) is 38.1 Å². The standard InChI is InChI=1S/C18H26N4O3/c1-3-24-16-7-8-19-18(20-16)22-10-5-9-21(11-12-22)17(23)15-6-4-13-25-14(15)2/h7-8H,3-6,9-13H2,1-2H3. The normalized spacial score (nSPS) is 18.6. The second-order valence-corrected chi connectivity index (χ2v) is 6.25. The van der Waals surface area contributed by atoms with Gasteiger partial charge in [0.25, 0.3) is 5.91 Å². The van der Waals surface area contributed by atoms with Gasteiger partial charge in [0.2, 0.25) is 11.8 Å². The molecule has 1 aromatic rings. The first-order valence-electron chi connectivity index (χ1n) is 9.01. The summed E-state index contributed by atoms with van der Waals surface area (Å²) in [5.74, 6) is 2.15. The molecule has 0 saturated carbocycles. The van der Waals surface area contributed by atoms with Crippen LogP contribution in [0.4, 0.5) is 5.95 Å². The molecule has 1 fully saturated rings. The molecule has 136 valence electrons. The average Bonchev–Trinajstić information content (AvgIpc) is 2.88. The third kappa shape index (κ3) is 4.21. The molecule has 0 bridgehead atoms. The highest BCUT2D eigenvalue weighted by molar-refractivity contribution is 5.94. The number of anilines is 1. The van der Waals surface area contributed by atoms with Crippen molar-refractivity contribution in [2.24, 2.45) is 0 Å². The molecule has 1 saturated heterocycles. The lowest BCUT2D eigenvalue weighted by molar-refractivity contribution is -0.127. The molecule has 7 nitrogen and oxygen atoms in total. The minimum Gasteiger partial charge on any atom is -0.498 e. The van der Waals surface area contributed by atoms with E-state index in [1.54, 1.807) is 12.3 Å². The molecule has 1 amide bonds. The average molecular weight is 346 g/mol. The summed E-state index contributed by atoms with van der Waals surface area (Å²) in [5.41, 5.74) is 0.828. The Labute approximate surface area is 148 Å². The maximum absolute atomic E-state index is 12.8. The van der Waals surface area contributed by atoms with E-state index in [0.717, 1.165) is 43.7 Å². The van der Waals surface area contributed by atoms with Gasteiger partial charge in [-0.2, -0.15) is 4.98 Å². The van der Waals surface area contributed by atoms with E-state index < -0.39 is 0 Å². The van der Waals surface area contributed by atoms with Gasteiger partial charge in [-0.15, -0.1) is 0 Å². The van der Waals surface area contributed by atoms with E-state index in [1.807, 2.05) is 18.7 Å². The summed E-state index contributed by atoms with van der Waals surface area (Å²) in [6.45, 7) is 8.07. The molecule has 3 heterocycles. The Kier molecular flexibility index (Phi) is 5.73. The van der Waals surface area contributed by atoms with Crippen LogP contribution < -0.4 is 9.64 Å². The van der Waals surface area contributed by atoms with E-state index in [-0.39, 0.29) is 5.91 Å². The number of carbonyl (C=O) groups is 1. The third-order valence-electron chi connectivity index (χ3n) is 4.55. The molecule has 2 aliphatic heterocycles. The second-order valence-electron chi connectivity index (χ2n) is 6.25. The Bertz CT molecular complexity index is 647. The maximum Gasteiger partial charge on any atom is 0.253 e. The first kappa shape index (κ1) is 17.5. The zero-order valence-electron chi connectivity index (χ0n) is 15.0. The number of allylic oxidation sites excluding steroid dienone is 1. The van der Waals surface area contributed by atoms with Crippen molar-refractivity contribution in [3.05, 3.63) is 23.6 Å². The lowest BCUT2D eigenvalue weighted by atomic mass is 10.1. The zero-order chi connectivity index (χ0) is 17.6. The zero-order valence-corrected chi connectivity index (χ0v) is 15.0. The molecule has 0 aromatic carbocycles. The topological polar surface area (TPSA) is 67.8 Å². The minimum absolute atomic E-state index is 0.114. The van der Waals surface area contributed by atoms with Gasteiger partial charge in [0.1, 0.15) is 5.76 Å². The van der Waals surface area contributed by atoms with E-state index in [1.165, 1.54) is 0 Å². The van der Waals surface area contributed by atoms with Crippen LogP contribution in [-0.2, 0) is 9.53 Å². The number of aromatic nitrogens is 2. The Morgan fingerprint density at radius 2 is 2.16 bits per heavy atom. The fourth-order valence-electron chi connectivity index (χ4n) is 3.22. The van der Waals surface area contributed by atoms with E-state index >= 15 is 0 Å². The lowest BCUT2D eigenvalue weighted by Gasteiger charge is -2.25. The van der Waals surface area contributed by atoms with Gasteiger partial charge in [-0.05, 0) is 33.1 Å².